The van der Waals surface area contributed by atoms with Crippen molar-refractivity contribution in [3.8, 4) is 5.75 Å². The third-order valence-corrected chi connectivity index (χ3v) is 5.86. The standard InChI is InChI=1S/C18H22ClNO3S/c1-12-9-14(3)18(15(4)10-12)24(21,22)20-7-8-23-16-5-6-17(19)13(2)11-16/h5-6,9-11,20H,7-8H2,1-4H3. The minimum absolute atomic E-state index is 0.191. The molecule has 6 heteroatoms. The van der Waals surface area contributed by atoms with E-state index in [9.17, 15) is 8.42 Å². The number of rotatable bonds is 6. The molecule has 0 unspecified atom stereocenters. The summed E-state index contributed by atoms with van der Waals surface area (Å²) in [4.78, 5) is 0.343. The van der Waals surface area contributed by atoms with Crippen LogP contribution in [-0.2, 0) is 10.0 Å². The van der Waals surface area contributed by atoms with Crippen LogP contribution in [0.4, 0.5) is 0 Å². The van der Waals surface area contributed by atoms with Gasteiger partial charge in [-0.25, -0.2) is 13.1 Å². The van der Waals surface area contributed by atoms with Gasteiger partial charge in [0.1, 0.15) is 12.4 Å². The summed E-state index contributed by atoms with van der Waals surface area (Å²) in [7, 11) is -3.56. The molecule has 130 valence electrons. The van der Waals surface area contributed by atoms with Gasteiger partial charge in [-0.2, -0.15) is 0 Å². The van der Waals surface area contributed by atoms with Gasteiger partial charge in [-0.3, -0.25) is 0 Å². The number of hydrogen-bond acceptors (Lipinski definition) is 3. The van der Waals surface area contributed by atoms with Gasteiger partial charge in [-0.15, -0.1) is 0 Å². The van der Waals surface area contributed by atoms with Crippen LogP contribution in [0.15, 0.2) is 35.2 Å². The molecule has 2 aromatic carbocycles. The predicted octanol–water partition coefficient (Wildman–Crippen LogP) is 3.93. The first-order chi connectivity index (χ1) is 11.2. The van der Waals surface area contributed by atoms with Gasteiger partial charge in [0, 0.05) is 11.6 Å². The van der Waals surface area contributed by atoms with E-state index in [1.165, 1.54) is 0 Å². The first-order valence-electron chi connectivity index (χ1n) is 7.67. The topological polar surface area (TPSA) is 55.4 Å². The van der Waals surface area contributed by atoms with Gasteiger partial charge in [0.25, 0.3) is 0 Å². The molecule has 2 aromatic rings. The van der Waals surface area contributed by atoms with Crippen molar-refractivity contribution in [1.82, 2.24) is 4.72 Å². The third kappa shape index (κ3) is 4.50. The van der Waals surface area contributed by atoms with E-state index in [2.05, 4.69) is 4.72 Å². The number of sulfonamides is 1. The molecule has 2 rings (SSSR count). The highest BCUT2D eigenvalue weighted by molar-refractivity contribution is 7.89. The summed E-state index contributed by atoms with van der Waals surface area (Å²) in [6, 6.07) is 9.09. The molecular weight excluding hydrogens is 346 g/mol. The molecule has 0 atom stereocenters. The maximum absolute atomic E-state index is 12.5. The summed E-state index contributed by atoms with van der Waals surface area (Å²) in [6.07, 6.45) is 0. The minimum atomic E-state index is -3.56. The largest absolute Gasteiger partial charge is 0.492 e. The van der Waals surface area contributed by atoms with Crippen LogP contribution in [0.3, 0.4) is 0 Å². The van der Waals surface area contributed by atoms with E-state index in [0.29, 0.717) is 15.7 Å². The van der Waals surface area contributed by atoms with Crippen molar-refractivity contribution in [2.75, 3.05) is 13.2 Å². The molecule has 0 aliphatic heterocycles. The zero-order valence-corrected chi connectivity index (χ0v) is 15.9. The van der Waals surface area contributed by atoms with Gasteiger partial charge in [-0.05, 0) is 62.6 Å². The average Bonchev–Trinajstić information content (AvgIpc) is 2.45. The van der Waals surface area contributed by atoms with Crippen molar-refractivity contribution in [3.05, 3.63) is 57.6 Å². The van der Waals surface area contributed by atoms with Crippen LogP contribution in [0.25, 0.3) is 0 Å². The Bertz CT molecular complexity index is 824. The summed E-state index contributed by atoms with van der Waals surface area (Å²) < 4.78 is 33.2. The molecule has 0 aliphatic carbocycles. The summed E-state index contributed by atoms with van der Waals surface area (Å²) in [5, 5.41) is 0.674. The number of ether oxygens (including phenoxy) is 1. The van der Waals surface area contributed by atoms with Gasteiger partial charge in [-0.1, -0.05) is 29.3 Å². The van der Waals surface area contributed by atoms with Crippen LogP contribution in [-0.4, -0.2) is 21.6 Å². The molecule has 0 aliphatic rings. The Balaban J connectivity index is 2.00. The number of hydrogen-bond donors (Lipinski definition) is 1. The van der Waals surface area contributed by atoms with E-state index >= 15 is 0 Å². The van der Waals surface area contributed by atoms with E-state index in [4.69, 9.17) is 16.3 Å². The lowest BCUT2D eigenvalue weighted by Gasteiger charge is -2.13. The molecular formula is C18H22ClNO3S. The van der Waals surface area contributed by atoms with Gasteiger partial charge in [0.05, 0.1) is 4.90 Å². The highest BCUT2D eigenvalue weighted by atomic mass is 35.5. The molecule has 4 nitrogen and oxygen atoms in total. The number of aryl methyl sites for hydroxylation is 4. The Kier molecular flexibility index (Phi) is 5.91. The molecule has 0 saturated carbocycles. The lowest BCUT2D eigenvalue weighted by atomic mass is 10.1. The monoisotopic (exact) mass is 367 g/mol. The molecule has 0 heterocycles. The second-order valence-electron chi connectivity index (χ2n) is 5.89. The number of benzene rings is 2. The molecule has 0 fully saturated rings. The van der Waals surface area contributed by atoms with E-state index in [1.807, 2.05) is 45.9 Å². The van der Waals surface area contributed by atoms with Crippen molar-refractivity contribution in [2.45, 2.75) is 32.6 Å². The maximum Gasteiger partial charge on any atom is 0.241 e. The molecule has 0 spiro atoms. The smallest absolute Gasteiger partial charge is 0.241 e. The van der Waals surface area contributed by atoms with Crippen molar-refractivity contribution in [1.29, 1.82) is 0 Å². The second-order valence-corrected chi connectivity index (χ2v) is 8.00. The Morgan fingerprint density at radius 1 is 1.00 bits per heavy atom. The molecule has 1 N–H and O–H groups in total. The highest BCUT2D eigenvalue weighted by Gasteiger charge is 2.19. The quantitative estimate of drug-likeness (QED) is 0.787. The van der Waals surface area contributed by atoms with Gasteiger partial charge in [0.15, 0.2) is 0 Å². The second kappa shape index (κ2) is 7.55. The normalized spacial score (nSPS) is 11.5. The fraction of sp³-hybridized carbons (Fsp3) is 0.333. The van der Waals surface area contributed by atoms with Crippen molar-refractivity contribution >= 4 is 21.6 Å². The number of halogens is 1. The van der Waals surface area contributed by atoms with Crippen molar-refractivity contribution in [3.63, 3.8) is 0 Å². The predicted molar refractivity (Wildman–Crippen MR) is 97.5 cm³/mol. The Labute approximate surface area is 148 Å². The highest BCUT2D eigenvalue weighted by Crippen LogP contribution is 2.22. The van der Waals surface area contributed by atoms with Crippen LogP contribution in [0.5, 0.6) is 5.75 Å². The fourth-order valence-corrected chi connectivity index (χ4v) is 4.29. The van der Waals surface area contributed by atoms with Crippen LogP contribution in [0.1, 0.15) is 22.3 Å². The van der Waals surface area contributed by atoms with Crippen molar-refractivity contribution < 1.29 is 13.2 Å². The zero-order chi connectivity index (χ0) is 17.9. The summed E-state index contributed by atoms with van der Waals surface area (Å²) in [6.45, 7) is 7.89. The molecule has 0 bridgehead atoms. The Morgan fingerprint density at radius 2 is 1.62 bits per heavy atom. The first-order valence-corrected chi connectivity index (χ1v) is 9.53. The molecule has 0 radical (unpaired) electrons. The van der Waals surface area contributed by atoms with Crippen LogP contribution in [0.2, 0.25) is 5.02 Å². The van der Waals surface area contributed by atoms with E-state index in [-0.39, 0.29) is 13.2 Å². The Hall–Kier alpha value is -1.56. The lowest BCUT2D eigenvalue weighted by Crippen LogP contribution is -2.29. The zero-order valence-electron chi connectivity index (χ0n) is 14.3. The van der Waals surface area contributed by atoms with Gasteiger partial charge >= 0.3 is 0 Å². The van der Waals surface area contributed by atoms with Gasteiger partial charge < -0.3 is 4.74 Å². The Morgan fingerprint density at radius 3 is 2.21 bits per heavy atom. The van der Waals surface area contributed by atoms with Crippen molar-refractivity contribution in [2.24, 2.45) is 0 Å². The van der Waals surface area contributed by atoms with E-state index in [1.54, 1.807) is 12.1 Å². The fourth-order valence-electron chi connectivity index (χ4n) is 2.71. The average molecular weight is 368 g/mol. The molecule has 24 heavy (non-hydrogen) atoms. The maximum atomic E-state index is 12.5. The van der Waals surface area contributed by atoms with E-state index < -0.39 is 10.0 Å². The third-order valence-electron chi connectivity index (χ3n) is 3.67. The van der Waals surface area contributed by atoms with Crippen LogP contribution < -0.4 is 9.46 Å². The van der Waals surface area contributed by atoms with E-state index in [0.717, 1.165) is 22.3 Å². The lowest BCUT2D eigenvalue weighted by molar-refractivity contribution is 0.322. The first kappa shape index (κ1) is 18.8. The molecule has 0 aromatic heterocycles. The summed E-state index contributed by atoms with van der Waals surface area (Å²) in [5.41, 5.74) is 3.45. The summed E-state index contributed by atoms with van der Waals surface area (Å²) in [5.74, 6) is 0.666. The van der Waals surface area contributed by atoms with Gasteiger partial charge in [0.2, 0.25) is 10.0 Å². The molecule has 0 saturated heterocycles. The summed E-state index contributed by atoms with van der Waals surface area (Å²) >= 11 is 5.96. The SMILES string of the molecule is Cc1cc(C)c(S(=O)(=O)NCCOc2ccc(Cl)c(C)c2)c(C)c1. The van der Waals surface area contributed by atoms with Crippen LogP contribution >= 0.6 is 11.6 Å². The number of nitrogens with one attached hydrogen (secondary N) is 1. The molecule has 0 amide bonds. The minimum Gasteiger partial charge on any atom is -0.492 e. The van der Waals surface area contributed by atoms with Crippen LogP contribution in [0, 0.1) is 27.7 Å².